The van der Waals surface area contributed by atoms with Gasteiger partial charge in [0.25, 0.3) is 0 Å². The van der Waals surface area contributed by atoms with E-state index in [1.54, 1.807) is 0 Å². The number of fused-ring (bicyclic) bond motifs is 3. The van der Waals surface area contributed by atoms with Crippen molar-refractivity contribution < 1.29 is 0 Å². The minimum Gasteiger partial charge on any atom is -0.349 e. The molecule has 0 radical (unpaired) electrons. The van der Waals surface area contributed by atoms with Gasteiger partial charge < -0.3 is 15.5 Å². The van der Waals surface area contributed by atoms with Crippen molar-refractivity contribution in [2.24, 2.45) is 0 Å². The first-order chi connectivity index (χ1) is 16.0. The highest BCUT2D eigenvalue weighted by Crippen LogP contribution is 2.36. The van der Waals surface area contributed by atoms with E-state index in [1.807, 2.05) is 37.5 Å². The highest BCUT2D eigenvalue weighted by atomic mass is 35.5. The summed E-state index contributed by atoms with van der Waals surface area (Å²) in [5.41, 5.74) is 6.84. The average molecular weight is 479 g/mol. The lowest BCUT2D eigenvalue weighted by atomic mass is 9.90. The predicted octanol–water partition coefficient (Wildman–Crippen LogP) is 5.74. The summed E-state index contributed by atoms with van der Waals surface area (Å²) >= 11 is 11.7. The van der Waals surface area contributed by atoms with E-state index in [-0.39, 0.29) is 0 Å². The van der Waals surface area contributed by atoms with Crippen LogP contribution in [0.2, 0.25) is 5.02 Å². The van der Waals surface area contributed by atoms with Gasteiger partial charge in [-0.3, -0.25) is 4.98 Å². The van der Waals surface area contributed by atoms with E-state index in [2.05, 4.69) is 38.5 Å². The highest BCUT2D eigenvalue weighted by molar-refractivity contribution is 7.80. The lowest BCUT2D eigenvalue weighted by Crippen LogP contribution is -2.32. The molecule has 5 rings (SSSR count). The Morgan fingerprint density at radius 2 is 2.00 bits per heavy atom. The summed E-state index contributed by atoms with van der Waals surface area (Å²) < 4.78 is 0. The molecule has 1 aromatic carbocycles. The quantitative estimate of drug-likeness (QED) is 0.463. The lowest BCUT2D eigenvalue weighted by molar-refractivity contribution is 0.222. The second-order valence-corrected chi connectivity index (χ2v) is 9.65. The summed E-state index contributed by atoms with van der Waals surface area (Å²) in [7, 11) is 0. The number of piperidine rings is 1. The van der Waals surface area contributed by atoms with Crippen LogP contribution in [0.3, 0.4) is 0 Å². The zero-order valence-electron chi connectivity index (χ0n) is 18.9. The molecule has 1 fully saturated rings. The van der Waals surface area contributed by atoms with Crippen LogP contribution in [0.4, 0.5) is 17.3 Å². The normalized spacial score (nSPS) is 16.5. The van der Waals surface area contributed by atoms with Crippen LogP contribution in [-0.2, 0) is 6.42 Å². The predicted molar refractivity (Wildman–Crippen MR) is 139 cm³/mol. The van der Waals surface area contributed by atoms with Crippen molar-refractivity contribution in [2.75, 3.05) is 30.3 Å². The number of halogens is 1. The van der Waals surface area contributed by atoms with Crippen molar-refractivity contribution in [3.63, 3.8) is 0 Å². The molecule has 0 bridgehead atoms. The van der Waals surface area contributed by atoms with Crippen molar-refractivity contribution in [1.82, 2.24) is 19.9 Å². The molecule has 170 valence electrons. The SMILES string of the molecule is CCN1CCC(c2cnc(C)c(Nc3ncc4c(n3)-c3ccc(Cl)cc3NC(=S)C4)c2)CC1. The molecule has 2 N–H and O–H groups in total. The Hall–Kier alpha value is -2.61. The molecule has 6 nitrogen and oxygen atoms in total. The van der Waals surface area contributed by atoms with Gasteiger partial charge >= 0.3 is 0 Å². The monoisotopic (exact) mass is 478 g/mol. The maximum atomic E-state index is 6.22. The fourth-order valence-corrected chi connectivity index (χ4v) is 5.06. The van der Waals surface area contributed by atoms with Crippen LogP contribution >= 0.6 is 23.8 Å². The molecule has 33 heavy (non-hydrogen) atoms. The Morgan fingerprint density at radius 1 is 1.18 bits per heavy atom. The lowest BCUT2D eigenvalue weighted by Gasteiger charge is -2.31. The third-order valence-corrected chi connectivity index (χ3v) is 7.07. The van der Waals surface area contributed by atoms with Crippen molar-refractivity contribution in [3.05, 3.63) is 58.5 Å². The van der Waals surface area contributed by atoms with Crippen LogP contribution < -0.4 is 10.6 Å². The standard InChI is InChI=1S/C25H27ClN6S/c1-3-32-8-6-16(7-9-32)17-10-21(15(2)27-13-17)30-25-28-14-18-11-23(33)29-22-12-19(26)4-5-20(22)24(18)31-25/h4-5,10,12-14,16H,3,6-9,11H2,1-2H3,(H,29,33)(H,28,30,31). The van der Waals surface area contributed by atoms with Gasteiger partial charge in [-0.2, -0.15) is 0 Å². The van der Waals surface area contributed by atoms with Gasteiger partial charge in [-0.25, -0.2) is 9.97 Å². The van der Waals surface area contributed by atoms with Crippen LogP contribution in [0.1, 0.15) is 42.5 Å². The first-order valence-electron chi connectivity index (χ1n) is 11.4. The molecule has 0 atom stereocenters. The zero-order valence-corrected chi connectivity index (χ0v) is 20.4. The number of nitrogens with one attached hydrogen (secondary N) is 2. The third kappa shape index (κ3) is 4.71. The number of aryl methyl sites for hydroxylation is 1. The van der Waals surface area contributed by atoms with Gasteiger partial charge in [-0.1, -0.05) is 30.7 Å². The van der Waals surface area contributed by atoms with Crippen molar-refractivity contribution >= 4 is 46.1 Å². The summed E-state index contributed by atoms with van der Waals surface area (Å²) in [6, 6.07) is 7.95. The number of hydrogen-bond acceptors (Lipinski definition) is 6. The third-order valence-electron chi connectivity index (χ3n) is 6.59. The van der Waals surface area contributed by atoms with Crippen LogP contribution in [0.5, 0.6) is 0 Å². The molecule has 0 aliphatic carbocycles. The van der Waals surface area contributed by atoms with E-state index in [4.69, 9.17) is 28.8 Å². The molecule has 8 heteroatoms. The number of aromatic nitrogens is 3. The number of hydrogen-bond donors (Lipinski definition) is 2. The van der Waals surface area contributed by atoms with E-state index < -0.39 is 0 Å². The van der Waals surface area contributed by atoms with Crippen molar-refractivity contribution in [1.29, 1.82) is 0 Å². The van der Waals surface area contributed by atoms with Crippen LogP contribution in [-0.4, -0.2) is 44.5 Å². The molecular formula is C25H27ClN6S. The number of benzene rings is 1. The summed E-state index contributed by atoms with van der Waals surface area (Å²) in [6.45, 7) is 7.65. The van der Waals surface area contributed by atoms with Gasteiger partial charge in [0.05, 0.1) is 22.1 Å². The zero-order chi connectivity index (χ0) is 22.9. The summed E-state index contributed by atoms with van der Waals surface area (Å²) in [5, 5.41) is 7.36. The number of likely N-dealkylation sites (tertiary alicyclic amines) is 1. The van der Waals surface area contributed by atoms with E-state index in [0.29, 0.717) is 23.3 Å². The Balaban J connectivity index is 1.44. The number of anilines is 3. The number of thiocarbonyl (C=S) groups is 1. The van der Waals surface area contributed by atoms with Gasteiger partial charge in [0, 0.05) is 40.7 Å². The minimum atomic E-state index is 0.540. The molecule has 0 amide bonds. The molecule has 2 aromatic heterocycles. The number of rotatable bonds is 4. The van der Waals surface area contributed by atoms with Crippen LogP contribution in [0, 0.1) is 6.92 Å². The Bertz CT molecular complexity index is 1210. The smallest absolute Gasteiger partial charge is 0.227 e. The van der Waals surface area contributed by atoms with Crippen molar-refractivity contribution in [2.45, 2.75) is 39.0 Å². The second-order valence-electron chi connectivity index (χ2n) is 8.72. The Kier molecular flexibility index (Phi) is 6.27. The molecular weight excluding hydrogens is 452 g/mol. The Morgan fingerprint density at radius 3 is 2.79 bits per heavy atom. The molecule has 0 spiro atoms. The van der Waals surface area contributed by atoms with Gasteiger partial charge in [0.1, 0.15) is 0 Å². The topological polar surface area (TPSA) is 66.0 Å². The van der Waals surface area contributed by atoms with Crippen molar-refractivity contribution in [3.8, 4) is 11.3 Å². The van der Waals surface area contributed by atoms with Gasteiger partial charge in [0.15, 0.2) is 0 Å². The first-order valence-corrected chi connectivity index (χ1v) is 12.2. The first kappa shape index (κ1) is 22.2. The fourth-order valence-electron chi connectivity index (χ4n) is 4.63. The van der Waals surface area contributed by atoms with E-state index in [1.165, 1.54) is 18.4 Å². The highest BCUT2D eigenvalue weighted by Gasteiger charge is 2.22. The average Bonchev–Trinajstić information content (AvgIpc) is 2.95. The Labute approximate surface area is 204 Å². The largest absolute Gasteiger partial charge is 0.349 e. The van der Waals surface area contributed by atoms with Gasteiger partial charge in [0.2, 0.25) is 5.95 Å². The summed E-state index contributed by atoms with van der Waals surface area (Å²) in [4.78, 5) is 17.4. The molecule has 2 aliphatic heterocycles. The molecule has 2 aliphatic rings. The van der Waals surface area contributed by atoms with Crippen LogP contribution in [0.15, 0.2) is 36.7 Å². The summed E-state index contributed by atoms with van der Waals surface area (Å²) in [6.07, 6.45) is 6.80. The molecule has 0 saturated carbocycles. The number of pyridine rings is 1. The molecule has 4 heterocycles. The van der Waals surface area contributed by atoms with Gasteiger partial charge in [-0.15, -0.1) is 0 Å². The minimum absolute atomic E-state index is 0.540. The van der Waals surface area contributed by atoms with E-state index in [0.717, 1.165) is 58.5 Å². The fraction of sp³-hybridized carbons (Fsp3) is 0.360. The maximum absolute atomic E-state index is 6.22. The molecule has 0 unspecified atom stereocenters. The van der Waals surface area contributed by atoms with Gasteiger partial charge in [-0.05, 0) is 75.1 Å². The number of nitrogens with zero attached hydrogens (tertiary/aromatic N) is 4. The molecule has 3 aromatic rings. The van der Waals surface area contributed by atoms with E-state index in [9.17, 15) is 0 Å². The molecule has 1 saturated heterocycles. The van der Waals surface area contributed by atoms with E-state index >= 15 is 0 Å². The second kappa shape index (κ2) is 9.33. The van der Waals surface area contributed by atoms with Crippen LogP contribution in [0.25, 0.3) is 11.3 Å². The maximum Gasteiger partial charge on any atom is 0.227 e. The summed E-state index contributed by atoms with van der Waals surface area (Å²) in [5.74, 6) is 1.09.